The van der Waals surface area contributed by atoms with E-state index in [1.165, 1.54) is 9.47 Å². The van der Waals surface area contributed by atoms with Crippen molar-refractivity contribution in [3.63, 3.8) is 0 Å². The molecule has 0 radical (unpaired) electrons. The number of rotatable bonds is 9. The fourth-order valence-electron chi connectivity index (χ4n) is 4.64. The summed E-state index contributed by atoms with van der Waals surface area (Å²) < 4.78 is 14.6. The molecule has 3 aromatic rings. The van der Waals surface area contributed by atoms with Crippen LogP contribution in [0.1, 0.15) is 55.6 Å². The molecule has 1 aliphatic heterocycles. The van der Waals surface area contributed by atoms with Gasteiger partial charge >= 0.3 is 5.69 Å². The number of imidazole rings is 1. The normalized spacial score (nSPS) is 16.7. The van der Waals surface area contributed by atoms with E-state index in [1.807, 2.05) is 12.1 Å². The minimum Gasteiger partial charge on any atom is -0.497 e. The summed E-state index contributed by atoms with van der Waals surface area (Å²) in [5, 5.41) is 0.0189. The number of amides is 2. The van der Waals surface area contributed by atoms with E-state index in [0.29, 0.717) is 29.0 Å². The maximum absolute atomic E-state index is 13.8. The second kappa shape index (κ2) is 10.9. The Morgan fingerprint density at radius 2 is 1.72 bits per heavy atom. The third kappa shape index (κ3) is 5.62. The highest BCUT2D eigenvalue weighted by atomic mass is 28.4. The minimum absolute atomic E-state index is 0.0189. The molecule has 1 fully saturated rings. The molecule has 9 nitrogen and oxygen atoms in total. The standard InChI is InChI=1S/C29H37N3O6Si/c1-29(2,3)39(5,6)38-16-15-30-25-17-21(19-33)9-12-23(25)32(28(30)36)24-13-14-26(34)31(27(24)35)18-20-7-10-22(37-4)11-8-20/h7-12,17,19,24H,13-16,18H2,1-6H3. The van der Waals surface area contributed by atoms with Crippen molar-refractivity contribution in [2.24, 2.45) is 0 Å². The predicted octanol–water partition coefficient (Wildman–Crippen LogP) is 4.54. The molecule has 0 spiro atoms. The Balaban J connectivity index is 1.68. The van der Waals surface area contributed by atoms with Crippen LogP contribution in [-0.2, 0) is 27.1 Å². The van der Waals surface area contributed by atoms with Crippen molar-refractivity contribution < 1.29 is 23.5 Å². The highest BCUT2D eigenvalue weighted by Crippen LogP contribution is 2.36. The average molecular weight is 552 g/mol. The first-order chi connectivity index (χ1) is 18.4. The lowest BCUT2D eigenvalue weighted by Crippen LogP contribution is -2.47. The van der Waals surface area contributed by atoms with Crippen LogP contribution >= 0.6 is 0 Å². The molecule has 0 N–H and O–H groups in total. The number of fused-ring (bicyclic) bond motifs is 1. The summed E-state index contributed by atoms with van der Waals surface area (Å²) in [6.07, 6.45) is 1.11. The largest absolute Gasteiger partial charge is 0.497 e. The fourth-order valence-corrected chi connectivity index (χ4v) is 5.67. The Labute approximate surface area is 229 Å². The van der Waals surface area contributed by atoms with Crippen molar-refractivity contribution in [3.05, 3.63) is 64.1 Å². The van der Waals surface area contributed by atoms with Gasteiger partial charge in [0.05, 0.1) is 31.3 Å². The van der Waals surface area contributed by atoms with Crippen molar-refractivity contribution in [2.75, 3.05) is 13.7 Å². The van der Waals surface area contributed by atoms with Gasteiger partial charge in [-0.05, 0) is 60.4 Å². The second-order valence-corrected chi connectivity index (χ2v) is 16.3. The Morgan fingerprint density at radius 3 is 2.33 bits per heavy atom. The van der Waals surface area contributed by atoms with Crippen molar-refractivity contribution in [1.29, 1.82) is 0 Å². The number of hydrogen-bond donors (Lipinski definition) is 0. The first-order valence-electron chi connectivity index (χ1n) is 13.2. The molecule has 1 aliphatic rings. The number of hydrogen-bond acceptors (Lipinski definition) is 6. The second-order valence-electron chi connectivity index (χ2n) is 11.5. The highest BCUT2D eigenvalue weighted by molar-refractivity contribution is 6.74. The van der Waals surface area contributed by atoms with Crippen LogP contribution in [0.25, 0.3) is 11.0 Å². The highest BCUT2D eigenvalue weighted by Gasteiger charge is 2.39. The van der Waals surface area contributed by atoms with Crippen molar-refractivity contribution in [1.82, 2.24) is 14.0 Å². The van der Waals surface area contributed by atoms with Gasteiger partial charge in [0.1, 0.15) is 18.1 Å². The summed E-state index contributed by atoms with van der Waals surface area (Å²) >= 11 is 0. The number of carbonyl (C=O) groups is 3. The number of aromatic nitrogens is 2. The maximum Gasteiger partial charge on any atom is 0.329 e. The van der Waals surface area contributed by atoms with Gasteiger partial charge in [0.25, 0.3) is 5.91 Å². The summed E-state index contributed by atoms with van der Waals surface area (Å²) in [5.74, 6) is -0.00501. The van der Waals surface area contributed by atoms with E-state index >= 15 is 0 Å². The zero-order valence-electron chi connectivity index (χ0n) is 23.5. The average Bonchev–Trinajstić information content (AvgIpc) is 3.16. The molecular formula is C29H37N3O6Si. The minimum atomic E-state index is -2.04. The monoisotopic (exact) mass is 551 g/mol. The molecule has 1 unspecified atom stereocenters. The van der Waals surface area contributed by atoms with Gasteiger partial charge in [-0.1, -0.05) is 32.9 Å². The smallest absolute Gasteiger partial charge is 0.329 e. The van der Waals surface area contributed by atoms with Crippen molar-refractivity contribution in [2.45, 2.75) is 70.9 Å². The molecule has 39 heavy (non-hydrogen) atoms. The van der Waals surface area contributed by atoms with E-state index in [-0.39, 0.29) is 42.6 Å². The Morgan fingerprint density at radius 1 is 1.03 bits per heavy atom. The zero-order valence-corrected chi connectivity index (χ0v) is 24.5. The summed E-state index contributed by atoms with van der Waals surface area (Å²) in [6.45, 7) is 11.5. The lowest BCUT2D eigenvalue weighted by molar-refractivity contribution is -0.151. The molecule has 1 aromatic heterocycles. The number of imide groups is 1. The van der Waals surface area contributed by atoms with E-state index in [4.69, 9.17) is 9.16 Å². The van der Waals surface area contributed by atoms with Crippen LogP contribution in [0.3, 0.4) is 0 Å². The van der Waals surface area contributed by atoms with Crippen LogP contribution < -0.4 is 10.4 Å². The number of ether oxygens (including phenoxy) is 1. The third-order valence-electron chi connectivity index (χ3n) is 8.00. The maximum atomic E-state index is 13.8. The van der Waals surface area contributed by atoms with E-state index in [1.54, 1.807) is 42.0 Å². The lowest BCUT2D eigenvalue weighted by atomic mass is 10.0. The summed E-state index contributed by atoms with van der Waals surface area (Å²) in [4.78, 5) is 53.1. The van der Waals surface area contributed by atoms with Gasteiger partial charge in [-0.25, -0.2) is 4.79 Å². The van der Waals surface area contributed by atoms with E-state index in [0.717, 1.165) is 11.8 Å². The number of nitrogens with zero attached hydrogens (tertiary/aromatic N) is 3. The molecule has 4 rings (SSSR count). The fraction of sp³-hybridized carbons (Fsp3) is 0.448. The number of piperidine rings is 1. The molecule has 208 valence electrons. The number of carbonyl (C=O) groups excluding carboxylic acids is 3. The number of benzene rings is 2. The SMILES string of the molecule is COc1ccc(CN2C(=O)CCC(n3c(=O)n(CCO[Si](C)(C)C(C)(C)C)c4cc(C=O)ccc43)C2=O)cc1. The van der Waals surface area contributed by atoms with Gasteiger partial charge in [0.15, 0.2) is 8.32 Å². The van der Waals surface area contributed by atoms with Crippen molar-refractivity contribution >= 4 is 37.5 Å². The molecule has 2 aromatic carbocycles. The Bertz CT molecular complexity index is 1450. The Hall–Kier alpha value is -3.50. The van der Waals surface area contributed by atoms with Gasteiger partial charge in [0, 0.05) is 18.5 Å². The van der Waals surface area contributed by atoms with Crippen LogP contribution in [0, 0.1) is 0 Å². The van der Waals surface area contributed by atoms with Crippen LogP contribution in [0.4, 0.5) is 0 Å². The number of likely N-dealkylation sites (tertiary alicyclic amines) is 1. The molecule has 2 amide bonds. The van der Waals surface area contributed by atoms with Gasteiger partial charge in [-0.2, -0.15) is 0 Å². The molecule has 1 saturated heterocycles. The Kier molecular flexibility index (Phi) is 7.99. The zero-order chi connectivity index (χ0) is 28.5. The molecule has 1 atom stereocenters. The van der Waals surface area contributed by atoms with Gasteiger partial charge in [-0.15, -0.1) is 0 Å². The number of methoxy groups -OCH3 is 1. The first kappa shape index (κ1) is 28.5. The summed E-state index contributed by atoms with van der Waals surface area (Å²) in [5.41, 5.74) is 1.98. The molecule has 0 aliphatic carbocycles. The molecular weight excluding hydrogens is 514 g/mol. The lowest BCUT2D eigenvalue weighted by Gasteiger charge is -2.36. The van der Waals surface area contributed by atoms with Crippen LogP contribution in [-0.4, -0.2) is 54.2 Å². The first-order valence-corrected chi connectivity index (χ1v) is 16.1. The predicted molar refractivity (Wildman–Crippen MR) is 152 cm³/mol. The van der Waals surface area contributed by atoms with E-state index in [2.05, 4.69) is 33.9 Å². The molecule has 2 heterocycles. The molecule has 0 saturated carbocycles. The van der Waals surface area contributed by atoms with Gasteiger partial charge in [0.2, 0.25) is 5.91 Å². The van der Waals surface area contributed by atoms with Gasteiger partial charge < -0.3 is 9.16 Å². The summed E-state index contributed by atoms with van der Waals surface area (Å²) in [6, 6.07) is 11.3. The van der Waals surface area contributed by atoms with Crippen molar-refractivity contribution in [3.8, 4) is 5.75 Å². The number of aldehydes is 1. The van der Waals surface area contributed by atoms with Crippen LogP contribution in [0.15, 0.2) is 47.3 Å². The summed E-state index contributed by atoms with van der Waals surface area (Å²) in [7, 11) is -0.470. The molecule has 0 bridgehead atoms. The van der Waals surface area contributed by atoms with E-state index < -0.39 is 20.3 Å². The van der Waals surface area contributed by atoms with Crippen LogP contribution in [0.2, 0.25) is 18.1 Å². The quantitative estimate of drug-likeness (QED) is 0.220. The van der Waals surface area contributed by atoms with Crippen LogP contribution in [0.5, 0.6) is 5.75 Å². The van der Waals surface area contributed by atoms with E-state index in [9.17, 15) is 19.2 Å². The van der Waals surface area contributed by atoms with Gasteiger partial charge in [-0.3, -0.25) is 28.4 Å². The molecule has 10 heteroatoms. The third-order valence-corrected chi connectivity index (χ3v) is 12.5. The topological polar surface area (TPSA) is 99.8 Å².